The third-order valence-electron chi connectivity index (χ3n) is 3.93. The molecule has 0 saturated heterocycles. The van der Waals surface area contributed by atoms with Crippen molar-refractivity contribution >= 4 is 29.1 Å². The summed E-state index contributed by atoms with van der Waals surface area (Å²) < 4.78 is 10.4. The third-order valence-corrected chi connectivity index (χ3v) is 4.19. The number of ether oxygens (including phenoxy) is 2. The van der Waals surface area contributed by atoms with E-state index in [1.807, 2.05) is 24.3 Å². The van der Waals surface area contributed by atoms with E-state index in [0.29, 0.717) is 40.3 Å². The summed E-state index contributed by atoms with van der Waals surface area (Å²) in [6.45, 7) is 0.547. The zero-order valence-corrected chi connectivity index (χ0v) is 16.2. The van der Waals surface area contributed by atoms with E-state index >= 15 is 0 Å². The fourth-order valence-corrected chi connectivity index (χ4v) is 2.54. The standard InChI is InChI=1S/C20H19ClN4O3/c1-27-16-7-8-17(18(9-16)28-2)25-19(26)14-11-23-20(24-12-14)22-10-13-3-5-15(21)6-4-13/h3-9,11-12H,10H2,1-2H3,(H,25,26)(H,22,23,24). The SMILES string of the molecule is COc1ccc(NC(=O)c2cnc(NCc3ccc(Cl)cc3)nc2)c(OC)c1. The van der Waals surface area contributed by atoms with E-state index in [2.05, 4.69) is 20.6 Å². The summed E-state index contributed by atoms with van der Waals surface area (Å²) in [6.07, 6.45) is 2.92. The summed E-state index contributed by atoms with van der Waals surface area (Å²) in [6, 6.07) is 12.6. The molecule has 0 spiro atoms. The molecule has 3 rings (SSSR count). The van der Waals surface area contributed by atoms with Gasteiger partial charge in [0.15, 0.2) is 0 Å². The van der Waals surface area contributed by atoms with Gasteiger partial charge in [0, 0.05) is 30.0 Å². The molecule has 144 valence electrons. The molecule has 0 aliphatic carbocycles. The van der Waals surface area contributed by atoms with Crippen LogP contribution in [-0.2, 0) is 6.54 Å². The predicted molar refractivity (Wildman–Crippen MR) is 108 cm³/mol. The Morgan fingerprint density at radius 3 is 2.39 bits per heavy atom. The van der Waals surface area contributed by atoms with Gasteiger partial charge in [0.25, 0.3) is 5.91 Å². The van der Waals surface area contributed by atoms with Crippen molar-refractivity contribution in [2.24, 2.45) is 0 Å². The minimum Gasteiger partial charge on any atom is -0.497 e. The number of nitrogens with zero attached hydrogens (tertiary/aromatic N) is 2. The van der Waals surface area contributed by atoms with E-state index in [4.69, 9.17) is 21.1 Å². The van der Waals surface area contributed by atoms with Gasteiger partial charge >= 0.3 is 0 Å². The van der Waals surface area contributed by atoms with Gasteiger partial charge < -0.3 is 20.1 Å². The topological polar surface area (TPSA) is 85.4 Å². The molecule has 1 aromatic heterocycles. The molecule has 0 unspecified atom stereocenters. The summed E-state index contributed by atoms with van der Waals surface area (Å²) in [7, 11) is 3.08. The van der Waals surface area contributed by atoms with Gasteiger partial charge in [-0.25, -0.2) is 9.97 Å². The van der Waals surface area contributed by atoms with Gasteiger partial charge in [-0.05, 0) is 29.8 Å². The lowest BCUT2D eigenvalue weighted by molar-refractivity contribution is 0.102. The molecule has 1 amide bonds. The number of anilines is 2. The van der Waals surface area contributed by atoms with Crippen LogP contribution in [0.2, 0.25) is 5.02 Å². The molecule has 2 N–H and O–H groups in total. The highest BCUT2D eigenvalue weighted by atomic mass is 35.5. The Hall–Kier alpha value is -3.32. The van der Waals surface area contributed by atoms with E-state index in [0.717, 1.165) is 5.56 Å². The van der Waals surface area contributed by atoms with Crippen LogP contribution in [0.1, 0.15) is 15.9 Å². The van der Waals surface area contributed by atoms with E-state index < -0.39 is 0 Å². The van der Waals surface area contributed by atoms with E-state index in [1.54, 1.807) is 25.3 Å². The number of carbonyl (C=O) groups is 1. The number of rotatable bonds is 7. The first-order valence-corrected chi connectivity index (χ1v) is 8.80. The lowest BCUT2D eigenvalue weighted by atomic mass is 10.2. The number of halogens is 1. The fourth-order valence-electron chi connectivity index (χ4n) is 2.42. The van der Waals surface area contributed by atoms with Gasteiger partial charge in [0.1, 0.15) is 11.5 Å². The lowest BCUT2D eigenvalue weighted by Gasteiger charge is -2.11. The molecule has 0 aliphatic rings. The molecule has 0 bridgehead atoms. The number of carbonyl (C=O) groups excluding carboxylic acids is 1. The quantitative estimate of drug-likeness (QED) is 0.625. The van der Waals surface area contributed by atoms with Crippen molar-refractivity contribution in [1.82, 2.24) is 9.97 Å². The Morgan fingerprint density at radius 2 is 1.75 bits per heavy atom. The van der Waals surface area contributed by atoms with Crippen LogP contribution >= 0.6 is 11.6 Å². The lowest BCUT2D eigenvalue weighted by Crippen LogP contribution is -2.14. The van der Waals surface area contributed by atoms with E-state index in [-0.39, 0.29) is 5.91 Å². The maximum absolute atomic E-state index is 12.4. The molecule has 7 nitrogen and oxygen atoms in total. The Balaban J connectivity index is 1.62. The Morgan fingerprint density at radius 1 is 1.04 bits per heavy atom. The molecule has 1 heterocycles. The first-order valence-electron chi connectivity index (χ1n) is 8.43. The summed E-state index contributed by atoms with van der Waals surface area (Å²) in [5.74, 6) is 1.21. The second kappa shape index (κ2) is 9.05. The molecular formula is C20H19ClN4O3. The number of nitrogens with one attached hydrogen (secondary N) is 2. The first kappa shape index (κ1) is 19.4. The zero-order valence-electron chi connectivity index (χ0n) is 15.4. The normalized spacial score (nSPS) is 10.2. The van der Waals surface area contributed by atoms with Gasteiger partial charge in [0.2, 0.25) is 5.95 Å². The van der Waals surface area contributed by atoms with Crippen LogP contribution in [0.4, 0.5) is 11.6 Å². The van der Waals surface area contributed by atoms with Gasteiger partial charge in [0.05, 0.1) is 25.5 Å². The molecule has 2 aromatic carbocycles. The van der Waals surface area contributed by atoms with Crippen molar-refractivity contribution in [3.63, 3.8) is 0 Å². The smallest absolute Gasteiger partial charge is 0.258 e. The van der Waals surface area contributed by atoms with Crippen molar-refractivity contribution < 1.29 is 14.3 Å². The summed E-state index contributed by atoms with van der Waals surface area (Å²) >= 11 is 5.87. The molecule has 3 aromatic rings. The molecule has 28 heavy (non-hydrogen) atoms. The number of methoxy groups -OCH3 is 2. The van der Waals surface area contributed by atoms with Gasteiger partial charge in [-0.15, -0.1) is 0 Å². The van der Waals surface area contributed by atoms with Gasteiger partial charge in [-0.2, -0.15) is 0 Å². The summed E-state index contributed by atoms with van der Waals surface area (Å²) in [5.41, 5.74) is 1.90. The van der Waals surface area contributed by atoms with Crippen LogP contribution in [-0.4, -0.2) is 30.1 Å². The average Bonchev–Trinajstić information content (AvgIpc) is 2.74. The molecule has 0 radical (unpaired) electrons. The van der Waals surface area contributed by atoms with Crippen molar-refractivity contribution in [3.8, 4) is 11.5 Å². The maximum Gasteiger partial charge on any atom is 0.258 e. The van der Waals surface area contributed by atoms with Crippen LogP contribution in [0.3, 0.4) is 0 Å². The van der Waals surface area contributed by atoms with E-state index in [1.165, 1.54) is 19.5 Å². The first-order chi connectivity index (χ1) is 13.6. The minimum absolute atomic E-state index is 0.329. The van der Waals surface area contributed by atoms with Crippen molar-refractivity contribution in [3.05, 3.63) is 71.0 Å². The number of benzene rings is 2. The fraction of sp³-hybridized carbons (Fsp3) is 0.150. The van der Waals surface area contributed by atoms with Crippen LogP contribution < -0.4 is 20.1 Å². The minimum atomic E-state index is -0.340. The second-order valence-corrected chi connectivity index (χ2v) is 6.23. The number of aromatic nitrogens is 2. The predicted octanol–water partition coefficient (Wildman–Crippen LogP) is 4.01. The Kier molecular flexibility index (Phi) is 6.29. The van der Waals surface area contributed by atoms with Crippen molar-refractivity contribution in [2.75, 3.05) is 24.9 Å². The van der Waals surface area contributed by atoms with Crippen LogP contribution in [0.15, 0.2) is 54.9 Å². The molecule has 0 atom stereocenters. The van der Waals surface area contributed by atoms with E-state index in [9.17, 15) is 4.79 Å². The van der Waals surface area contributed by atoms with Crippen LogP contribution in [0.5, 0.6) is 11.5 Å². The average molecular weight is 399 g/mol. The largest absolute Gasteiger partial charge is 0.497 e. The Bertz CT molecular complexity index is 947. The van der Waals surface area contributed by atoms with Crippen LogP contribution in [0, 0.1) is 0 Å². The summed E-state index contributed by atoms with van der Waals surface area (Å²) in [5, 5.41) is 6.56. The van der Waals surface area contributed by atoms with Gasteiger partial charge in [-0.1, -0.05) is 23.7 Å². The van der Waals surface area contributed by atoms with Crippen LogP contribution in [0.25, 0.3) is 0 Å². The molecule has 0 fully saturated rings. The number of hydrogen-bond acceptors (Lipinski definition) is 6. The van der Waals surface area contributed by atoms with Crippen molar-refractivity contribution in [2.45, 2.75) is 6.54 Å². The highest BCUT2D eigenvalue weighted by Gasteiger charge is 2.12. The third kappa shape index (κ3) is 4.89. The molecular weight excluding hydrogens is 380 g/mol. The molecule has 0 aliphatic heterocycles. The molecule has 0 saturated carbocycles. The monoisotopic (exact) mass is 398 g/mol. The number of hydrogen-bond donors (Lipinski definition) is 2. The highest BCUT2D eigenvalue weighted by molar-refractivity contribution is 6.30. The second-order valence-electron chi connectivity index (χ2n) is 5.80. The highest BCUT2D eigenvalue weighted by Crippen LogP contribution is 2.29. The van der Waals surface area contributed by atoms with Crippen molar-refractivity contribution in [1.29, 1.82) is 0 Å². The zero-order chi connectivity index (χ0) is 19.9. The summed E-state index contributed by atoms with van der Waals surface area (Å²) in [4.78, 5) is 20.8. The van der Waals surface area contributed by atoms with Gasteiger partial charge in [-0.3, -0.25) is 4.79 Å². The number of amides is 1. The Labute approximate surface area is 167 Å². The maximum atomic E-state index is 12.4. The molecule has 8 heteroatoms.